The van der Waals surface area contributed by atoms with Crippen molar-refractivity contribution in [1.29, 1.82) is 0 Å². The summed E-state index contributed by atoms with van der Waals surface area (Å²) in [4.78, 5) is 12.7. The molecule has 2 aromatic carbocycles. The Hall–Kier alpha value is -2.14. The van der Waals surface area contributed by atoms with E-state index < -0.39 is 0 Å². The molecule has 2 rings (SSSR count). The standard InChI is InChI=1S/C15H16N2O2S/c1-17-15(18)10-3-8-14(13(16)9-10)19-11-4-6-12(20-2)7-5-11/h3-9H,16H2,1-2H3,(H,17,18). The van der Waals surface area contributed by atoms with Crippen LogP contribution in [0.1, 0.15) is 10.4 Å². The van der Waals surface area contributed by atoms with Crippen molar-refractivity contribution >= 4 is 23.4 Å². The molecule has 0 heterocycles. The van der Waals surface area contributed by atoms with Gasteiger partial charge in [0.05, 0.1) is 5.69 Å². The summed E-state index contributed by atoms with van der Waals surface area (Å²) in [6.07, 6.45) is 2.02. The van der Waals surface area contributed by atoms with Gasteiger partial charge in [-0.1, -0.05) is 0 Å². The lowest BCUT2D eigenvalue weighted by molar-refractivity contribution is 0.0963. The Morgan fingerprint density at radius 2 is 1.90 bits per heavy atom. The van der Waals surface area contributed by atoms with E-state index in [2.05, 4.69) is 5.32 Å². The molecule has 0 saturated carbocycles. The predicted octanol–water partition coefficient (Wildman–Crippen LogP) is 3.14. The molecule has 0 radical (unpaired) electrons. The number of thioether (sulfide) groups is 1. The molecule has 1 amide bonds. The van der Waals surface area contributed by atoms with Crippen LogP contribution in [0.4, 0.5) is 5.69 Å². The highest BCUT2D eigenvalue weighted by Gasteiger charge is 2.08. The van der Waals surface area contributed by atoms with Gasteiger partial charge in [0.1, 0.15) is 11.5 Å². The van der Waals surface area contributed by atoms with Crippen LogP contribution in [0.5, 0.6) is 11.5 Å². The maximum atomic E-state index is 11.5. The minimum absolute atomic E-state index is 0.174. The number of anilines is 1. The third kappa shape index (κ3) is 3.24. The molecule has 4 nitrogen and oxygen atoms in total. The van der Waals surface area contributed by atoms with Crippen LogP contribution in [-0.4, -0.2) is 19.2 Å². The molecule has 0 saturated heterocycles. The summed E-state index contributed by atoms with van der Waals surface area (Å²) in [6.45, 7) is 0. The second-order valence-electron chi connectivity index (χ2n) is 4.11. The zero-order valence-corrected chi connectivity index (χ0v) is 12.2. The average Bonchev–Trinajstić information content (AvgIpc) is 2.49. The van der Waals surface area contributed by atoms with Gasteiger partial charge in [0.2, 0.25) is 0 Å². The fourth-order valence-electron chi connectivity index (χ4n) is 1.70. The molecular formula is C15H16N2O2S. The van der Waals surface area contributed by atoms with Crippen molar-refractivity contribution in [1.82, 2.24) is 5.32 Å². The summed E-state index contributed by atoms with van der Waals surface area (Å²) in [6, 6.07) is 12.7. The maximum absolute atomic E-state index is 11.5. The third-order valence-corrected chi connectivity index (χ3v) is 3.53. The number of benzene rings is 2. The number of hydrogen-bond acceptors (Lipinski definition) is 4. The van der Waals surface area contributed by atoms with Crippen molar-refractivity contribution in [2.45, 2.75) is 4.90 Å². The Balaban J connectivity index is 2.18. The number of amides is 1. The van der Waals surface area contributed by atoms with E-state index in [1.807, 2.05) is 30.5 Å². The number of hydrogen-bond donors (Lipinski definition) is 2. The smallest absolute Gasteiger partial charge is 0.251 e. The fraction of sp³-hybridized carbons (Fsp3) is 0.133. The van der Waals surface area contributed by atoms with Crippen LogP contribution < -0.4 is 15.8 Å². The van der Waals surface area contributed by atoms with Crippen molar-refractivity contribution in [3.63, 3.8) is 0 Å². The SMILES string of the molecule is CNC(=O)c1ccc(Oc2ccc(SC)cc2)c(N)c1. The van der Waals surface area contributed by atoms with Gasteiger partial charge >= 0.3 is 0 Å². The highest BCUT2D eigenvalue weighted by Crippen LogP contribution is 2.29. The molecule has 0 fully saturated rings. The molecule has 3 N–H and O–H groups in total. The Morgan fingerprint density at radius 3 is 2.45 bits per heavy atom. The molecule has 5 heteroatoms. The van der Waals surface area contributed by atoms with Gasteiger partial charge in [0, 0.05) is 17.5 Å². The van der Waals surface area contributed by atoms with Crippen LogP contribution in [-0.2, 0) is 0 Å². The van der Waals surface area contributed by atoms with Gasteiger partial charge in [-0.3, -0.25) is 4.79 Å². The van der Waals surface area contributed by atoms with E-state index in [1.165, 1.54) is 4.90 Å². The molecule has 0 atom stereocenters. The summed E-state index contributed by atoms with van der Waals surface area (Å²) >= 11 is 1.67. The van der Waals surface area contributed by atoms with E-state index in [0.717, 1.165) is 0 Å². The summed E-state index contributed by atoms with van der Waals surface area (Å²) < 4.78 is 5.71. The first-order valence-electron chi connectivity index (χ1n) is 6.07. The first-order valence-corrected chi connectivity index (χ1v) is 7.30. The lowest BCUT2D eigenvalue weighted by Crippen LogP contribution is -2.17. The average molecular weight is 288 g/mol. The molecule has 20 heavy (non-hydrogen) atoms. The molecule has 104 valence electrons. The van der Waals surface area contributed by atoms with E-state index in [1.54, 1.807) is 37.0 Å². The van der Waals surface area contributed by atoms with Crippen LogP contribution in [0.15, 0.2) is 47.4 Å². The monoisotopic (exact) mass is 288 g/mol. The quantitative estimate of drug-likeness (QED) is 0.670. The summed E-state index contributed by atoms with van der Waals surface area (Å²) in [5.74, 6) is 1.07. The number of nitrogen functional groups attached to an aromatic ring is 1. The summed E-state index contributed by atoms with van der Waals surface area (Å²) in [7, 11) is 1.58. The molecule has 0 unspecified atom stereocenters. The maximum Gasteiger partial charge on any atom is 0.251 e. The first kappa shape index (κ1) is 14.3. The van der Waals surface area contributed by atoms with Crippen molar-refractivity contribution in [3.8, 4) is 11.5 Å². The second-order valence-corrected chi connectivity index (χ2v) is 4.99. The first-order chi connectivity index (χ1) is 9.63. The summed E-state index contributed by atoms with van der Waals surface area (Å²) in [5, 5.41) is 2.55. The molecule has 0 aliphatic heterocycles. The number of nitrogens with two attached hydrogens (primary N) is 1. The Labute approximate surface area is 122 Å². The van der Waals surface area contributed by atoms with Gasteiger partial charge in [0.15, 0.2) is 0 Å². The van der Waals surface area contributed by atoms with Crippen molar-refractivity contribution in [2.75, 3.05) is 19.0 Å². The van der Waals surface area contributed by atoms with Gasteiger partial charge < -0.3 is 15.8 Å². The van der Waals surface area contributed by atoms with Crippen molar-refractivity contribution < 1.29 is 9.53 Å². The van der Waals surface area contributed by atoms with Gasteiger partial charge in [-0.05, 0) is 48.7 Å². The lowest BCUT2D eigenvalue weighted by atomic mass is 10.2. The lowest BCUT2D eigenvalue weighted by Gasteiger charge is -2.10. The Kier molecular flexibility index (Phi) is 4.53. The Morgan fingerprint density at radius 1 is 1.20 bits per heavy atom. The van der Waals surface area contributed by atoms with E-state index in [4.69, 9.17) is 10.5 Å². The normalized spacial score (nSPS) is 10.1. The highest BCUT2D eigenvalue weighted by atomic mass is 32.2. The third-order valence-electron chi connectivity index (χ3n) is 2.79. The fourth-order valence-corrected chi connectivity index (χ4v) is 2.11. The number of rotatable bonds is 4. The molecule has 0 aliphatic carbocycles. The van der Waals surface area contributed by atoms with Crippen LogP contribution in [0.25, 0.3) is 0 Å². The highest BCUT2D eigenvalue weighted by molar-refractivity contribution is 7.98. The van der Waals surface area contributed by atoms with Crippen LogP contribution >= 0.6 is 11.8 Å². The van der Waals surface area contributed by atoms with Gasteiger partial charge in [-0.15, -0.1) is 11.8 Å². The zero-order chi connectivity index (χ0) is 14.5. The number of carbonyl (C=O) groups excluding carboxylic acids is 1. The number of ether oxygens (including phenoxy) is 1. The molecular weight excluding hydrogens is 272 g/mol. The van der Waals surface area contributed by atoms with Gasteiger partial charge in [-0.2, -0.15) is 0 Å². The molecule has 0 aromatic heterocycles. The van der Waals surface area contributed by atoms with Crippen molar-refractivity contribution in [2.24, 2.45) is 0 Å². The topological polar surface area (TPSA) is 64.3 Å². The minimum Gasteiger partial charge on any atom is -0.455 e. The molecule has 0 bridgehead atoms. The van der Waals surface area contributed by atoms with Gasteiger partial charge in [-0.25, -0.2) is 0 Å². The zero-order valence-electron chi connectivity index (χ0n) is 11.3. The van der Waals surface area contributed by atoms with E-state index >= 15 is 0 Å². The second kappa shape index (κ2) is 6.34. The molecule has 0 spiro atoms. The van der Waals surface area contributed by atoms with Crippen LogP contribution in [0.3, 0.4) is 0 Å². The van der Waals surface area contributed by atoms with E-state index in [-0.39, 0.29) is 5.91 Å². The van der Waals surface area contributed by atoms with Crippen molar-refractivity contribution in [3.05, 3.63) is 48.0 Å². The predicted molar refractivity (Wildman–Crippen MR) is 82.5 cm³/mol. The molecule has 2 aromatic rings. The number of carbonyl (C=O) groups is 1. The van der Waals surface area contributed by atoms with Gasteiger partial charge in [0.25, 0.3) is 5.91 Å². The van der Waals surface area contributed by atoms with E-state index in [0.29, 0.717) is 22.7 Å². The Bertz CT molecular complexity index is 612. The van der Waals surface area contributed by atoms with Crippen LogP contribution in [0, 0.1) is 0 Å². The van der Waals surface area contributed by atoms with Crippen LogP contribution in [0.2, 0.25) is 0 Å². The molecule has 0 aliphatic rings. The largest absolute Gasteiger partial charge is 0.455 e. The number of nitrogens with one attached hydrogen (secondary N) is 1. The summed E-state index contributed by atoms with van der Waals surface area (Å²) in [5.41, 5.74) is 6.85. The van der Waals surface area contributed by atoms with E-state index in [9.17, 15) is 4.79 Å². The minimum atomic E-state index is -0.174.